The molecule has 0 atom stereocenters. The van der Waals surface area contributed by atoms with E-state index in [9.17, 15) is 0 Å². The van der Waals surface area contributed by atoms with Crippen molar-refractivity contribution in [1.82, 2.24) is 9.97 Å². The maximum Gasteiger partial charge on any atom is 0.160 e. The highest BCUT2D eigenvalue weighted by Crippen LogP contribution is 2.56. The van der Waals surface area contributed by atoms with Gasteiger partial charge in [0.2, 0.25) is 0 Å². The number of hydrogen-bond acceptors (Lipinski definition) is 2. The van der Waals surface area contributed by atoms with Crippen LogP contribution in [0.1, 0.15) is 43.2 Å². The molecule has 0 aliphatic heterocycles. The fourth-order valence-electron chi connectivity index (χ4n) is 8.95. The van der Waals surface area contributed by atoms with Gasteiger partial charge in [0.15, 0.2) is 5.82 Å². The highest BCUT2D eigenvalue weighted by atomic mass is 14.9. The highest BCUT2D eigenvalue weighted by Gasteiger charge is 2.43. The molecule has 7 aromatic carbocycles. The van der Waals surface area contributed by atoms with Crippen LogP contribution in [0.3, 0.4) is 0 Å². The first-order valence-corrected chi connectivity index (χ1v) is 19.3. The molecule has 2 nitrogen and oxygen atoms in total. The van der Waals surface area contributed by atoms with Gasteiger partial charge < -0.3 is 0 Å². The summed E-state index contributed by atoms with van der Waals surface area (Å²) in [4.78, 5) is 10.2. The lowest BCUT2D eigenvalue weighted by atomic mass is 9.68. The smallest absolute Gasteiger partial charge is 0.160 e. The molecule has 2 heteroatoms. The van der Waals surface area contributed by atoms with E-state index in [0.29, 0.717) is 5.82 Å². The number of benzene rings is 7. The lowest BCUT2D eigenvalue weighted by Crippen LogP contribution is -2.27. The third-order valence-electron chi connectivity index (χ3n) is 11.8. The van der Waals surface area contributed by atoms with Crippen molar-refractivity contribution in [3.8, 4) is 78.4 Å². The van der Waals surface area contributed by atoms with E-state index in [4.69, 9.17) is 9.97 Å². The van der Waals surface area contributed by atoms with Crippen molar-refractivity contribution >= 4 is 0 Å². The molecule has 8 aromatic rings. The molecule has 0 unspecified atom stereocenters. The highest BCUT2D eigenvalue weighted by molar-refractivity contribution is 5.85. The number of nitrogens with zero attached hydrogens (tertiary/aromatic N) is 2. The van der Waals surface area contributed by atoms with Crippen LogP contribution in [0, 0.1) is 0 Å². The van der Waals surface area contributed by atoms with Gasteiger partial charge in [0.25, 0.3) is 0 Å². The van der Waals surface area contributed by atoms with Gasteiger partial charge in [-0.15, -0.1) is 0 Å². The average molecular weight is 693 g/mol. The Balaban J connectivity index is 0.939. The Labute approximate surface area is 317 Å². The van der Waals surface area contributed by atoms with E-state index in [1.54, 1.807) is 5.56 Å². The van der Waals surface area contributed by atoms with Crippen molar-refractivity contribution in [2.24, 2.45) is 0 Å². The summed E-state index contributed by atoms with van der Waals surface area (Å²) in [5, 5.41) is 0. The predicted octanol–water partition coefficient (Wildman–Crippen LogP) is 13.7. The first-order valence-electron chi connectivity index (χ1n) is 19.3. The second kappa shape index (κ2) is 13.5. The van der Waals surface area contributed by atoms with Crippen LogP contribution >= 0.6 is 0 Å². The molecule has 1 aromatic heterocycles. The Morgan fingerprint density at radius 1 is 0.315 bits per heavy atom. The zero-order valence-electron chi connectivity index (χ0n) is 30.3. The lowest BCUT2D eigenvalue weighted by molar-refractivity contribution is 0.353. The number of rotatable bonds is 6. The molecule has 1 saturated carbocycles. The van der Waals surface area contributed by atoms with Crippen molar-refractivity contribution in [3.05, 3.63) is 193 Å². The third kappa shape index (κ3) is 5.76. The first kappa shape index (κ1) is 32.3. The van der Waals surface area contributed by atoms with E-state index < -0.39 is 0 Å². The number of hydrogen-bond donors (Lipinski definition) is 0. The Morgan fingerprint density at radius 2 is 0.741 bits per heavy atom. The minimum atomic E-state index is 0.197. The van der Waals surface area contributed by atoms with Gasteiger partial charge in [0, 0.05) is 22.1 Å². The monoisotopic (exact) mass is 692 g/mol. The van der Waals surface area contributed by atoms with E-state index in [1.807, 2.05) is 12.1 Å². The number of aromatic nitrogens is 2. The van der Waals surface area contributed by atoms with E-state index in [-0.39, 0.29) is 5.41 Å². The van der Waals surface area contributed by atoms with Crippen LogP contribution in [0.15, 0.2) is 182 Å². The van der Waals surface area contributed by atoms with Gasteiger partial charge in [-0.2, -0.15) is 0 Å². The van der Waals surface area contributed by atoms with Crippen molar-refractivity contribution in [3.63, 3.8) is 0 Å². The molecular formula is C52H40N2. The molecule has 0 radical (unpaired) electrons. The maximum absolute atomic E-state index is 5.10. The van der Waals surface area contributed by atoms with Crippen molar-refractivity contribution < 1.29 is 0 Å². The Bertz CT molecular complexity index is 2580. The Hall–Kier alpha value is -6.38. The van der Waals surface area contributed by atoms with Gasteiger partial charge in [0.05, 0.1) is 11.4 Å². The fraction of sp³-hybridized carbons (Fsp3) is 0.115. The molecule has 0 N–H and O–H groups in total. The van der Waals surface area contributed by atoms with E-state index >= 15 is 0 Å². The molecule has 2 aliphatic carbocycles. The maximum atomic E-state index is 5.10. The van der Waals surface area contributed by atoms with Gasteiger partial charge >= 0.3 is 0 Å². The minimum absolute atomic E-state index is 0.197. The van der Waals surface area contributed by atoms with Crippen LogP contribution in [0.25, 0.3) is 78.4 Å². The zero-order valence-corrected chi connectivity index (χ0v) is 30.3. The molecule has 0 saturated heterocycles. The van der Waals surface area contributed by atoms with Crippen molar-refractivity contribution in [1.29, 1.82) is 0 Å². The van der Waals surface area contributed by atoms with E-state index in [2.05, 4.69) is 170 Å². The standard InChI is InChI=1S/C52H40N2/c1-4-12-36(13-5-1)37-22-26-42(27-23-37)50-35-49(41-14-6-2-7-15-41)53-51(54-50)43-28-24-39(25-29-43)38-18-20-40(21-19-38)44-30-31-48-46(34-44)45-16-8-9-17-47(45)52(48)32-10-3-11-33-52/h1-2,4-9,12-31,34-35H,3,10-11,32-33H2. The third-order valence-corrected chi connectivity index (χ3v) is 11.8. The fourth-order valence-corrected chi connectivity index (χ4v) is 8.95. The molecule has 258 valence electrons. The van der Waals surface area contributed by atoms with Gasteiger partial charge in [-0.3, -0.25) is 0 Å². The summed E-state index contributed by atoms with van der Waals surface area (Å²) in [6, 6.07) is 65.7. The number of fused-ring (bicyclic) bond motifs is 5. The summed E-state index contributed by atoms with van der Waals surface area (Å²) in [6.07, 6.45) is 6.51. The van der Waals surface area contributed by atoms with Crippen LogP contribution in [0.4, 0.5) is 0 Å². The molecule has 10 rings (SSSR count). The topological polar surface area (TPSA) is 25.8 Å². The van der Waals surface area contributed by atoms with Gasteiger partial charge in [-0.1, -0.05) is 189 Å². The van der Waals surface area contributed by atoms with Gasteiger partial charge in [0.1, 0.15) is 0 Å². The van der Waals surface area contributed by atoms with E-state index in [1.165, 1.54) is 82.2 Å². The minimum Gasteiger partial charge on any atom is -0.228 e. The van der Waals surface area contributed by atoms with Gasteiger partial charge in [-0.05, 0) is 80.6 Å². The summed E-state index contributed by atoms with van der Waals surface area (Å²) in [6.45, 7) is 0. The largest absolute Gasteiger partial charge is 0.228 e. The summed E-state index contributed by atoms with van der Waals surface area (Å²) in [7, 11) is 0. The SMILES string of the molecule is c1ccc(-c2ccc(-c3cc(-c4ccccc4)nc(-c4ccc(-c5ccc(-c6ccc7c(c6)-c6ccccc6C76CCCCC6)cc5)cc4)n3)cc2)cc1. The predicted molar refractivity (Wildman–Crippen MR) is 224 cm³/mol. The van der Waals surface area contributed by atoms with Crippen LogP contribution in [0.2, 0.25) is 0 Å². The normalized spacial score (nSPS) is 14.1. The summed E-state index contributed by atoms with van der Waals surface area (Å²) >= 11 is 0. The Kier molecular flexibility index (Phi) is 8.10. The molecule has 1 heterocycles. The van der Waals surface area contributed by atoms with Crippen LogP contribution < -0.4 is 0 Å². The molecule has 0 bridgehead atoms. The van der Waals surface area contributed by atoms with Gasteiger partial charge in [-0.25, -0.2) is 9.97 Å². The summed E-state index contributed by atoms with van der Waals surface area (Å²) in [5.41, 5.74) is 18.3. The second-order valence-electron chi connectivity index (χ2n) is 14.9. The average Bonchev–Trinajstić information content (AvgIpc) is 3.52. The van der Waals surface area contributed by atoms with Crippen molar-refractivity contribution in [2.45, 2.75) is 37.5 Å². The zero-order chi connectivity index (χ0) is 35.9. The molecule has 1 fully saturated rings. The molecule has 54 heavy (non-hydrogen) atoms. The van der Waals surface area contributed by atoms with Crippen molar-refractivity contribution in [2.75, 3.05) is 0 Å². The van der Waals surface area contributed by atoms with Crippen LogP contribution in [-0.4, -0.2) is 9.97 Å². The Morgan fingerprint density at radius 3 is 1.35 bits per heavy atom. The first-order chi connectivity index (χ1) is 26.7. The summed E-state index contributed by atoms with van der Waals surface area (Å²) < 4.78 is 0. The van der Waals surface area contributed by atoms with E-state index in [0.717, 1.165) is 28.1 Å². The van der Waals surface area contributed by atoms with Crippen LogP contribution in [-0.2, 0) is 5.41 Å². The summed E-state index contributed by atoms with van der Waals surface area (Å²) in [5.74, 6) is 0.716. The quantitative estimate of drug-likeness (QED) is 0.173. The second-order valence-corrected chi connectivity index (χ2v) is 14.9. The van der Waals surface area contributed by atoms with Crippen LogP contribution in [0.5, 0.6) is 0 Å². The molecule has 0 amide bonds. The molecule has 1 spiro atoms. The molecule has 2 aliphatic rings. The lowest BCUT2D eigenvalue weighted by Gasteiger charge is -2.36. The molecular weight excluding hydrogens is 653 g/mol.